The summed E-state index contributed by atoms with van der Waals surface area (Å²) in [6, 6.07) is 2.57. The molecule has 20 heavy (non-hydrogen) atoms. The lowest BCUT2D eigenvalue weighted by atomic mass is 10.0. The molecule has 1 aliphatic carbocycles. The summed E-state index contributed by atoms with van der Waals surface area (Å²) in [6.45, 7) is 7.88. The Morgan fingerprint density at radius 1 is 1.50 bits per heavy atom. The molecule has 1 aromatic heterocycles. The molecule has 1 aromatic rings. The summed E-state index contributed by atoms with van der Waals surface area (Å²) < 4.78 is 8.23. The molecule has 0 radical (unpaired) electrons. The van der Waals surface area contributed by atoms with Crippen molar-refractivity contribution in [2.75, 3.05) is 6.54 Å². The van der Waals surface area contributed by atoms with E-state index < -0.39 is 0 Å². The highest BCUT2D eigenvalue weighted by Gasteiger charge is 2.37. The molecule has 2 rings (SSSR count). The molecule has 0 aliphatic heterocycles. The minimum Gasteiger partial charge on any atom is -0.367 e. The molecule has 0 spiro atoms. The fourth-order valence-corrected chi connectivity index (χ4v) is 3.27. The lowest BCUT2D eigenvalue weighted by Crippen LogP contribution is -2.38. The Balaban J connectivity index is 1.94. The van der Waals surface area contributed by atoms with Gasteiger partial charge < -0.3 is 10.5 Å². The van der Waals surface area contributed by atoms with Crippen molar-refractivity contribution in [2.24, 2.45) is 11.7 Å². The number of nitrogens with two attached hydrogens (primary N) is 1. The van der Waals surface area contributed by atoms with Gasteiger partial charge in [0.15, 0.2) is 0 Å². The van der Waals surface area contributed by atoms with Gasteiger partial charge in [-0.05, 0) is 44.1 Å². The minimum atomic E-state index is -0.113. The van der Waals surface area contributed by atoms with Crippen LogP contribution in [-0.4, -0.2) is 21.9 Å². The number of nitrogens with zero attached hydrogens (tertiary/aromatic N) is 2. The molecule has 0 saturated heterocycles. The molecule has 2 N–H and O–H groups in total. The van der Waals surface area contributed by atoms with E-state index in [-0.39, 0.29) is 5.60 Å². The smallest absolute Gasteiger partial charge is 0.0914 e. The zero-order chi connectivity index (χ0) is 14.6. The van der Waals surface area contributed by atoms with E-state index >= 15 is 0 Å². The summed E-state index contributed by atoms with van der Waals surface area (Å²) in [6.07, 6.45) is 7.68. The third-order valence-electron chi connectivity index (χ3n) is 4.69. The first-order chi connectivity index (χ1) is 9.62. The molecule has 114 valence electrons. The van der Waals surface area contributed by atoms with Gasteiger partial charge in [0.05, 0.1) is 23.9 Å². The average molecular weight is 279 g/mol. The van der Waals surface area contributed by atoms with Crippen LogP contribution in [0.1, 0.15) is 64.6 Å². The number of ether oxygens (including phenoxy) is 1. The molecule has 1 aliphatic rings. The van der Waals surface area contributed by atoms with Crippen molar-refractivity contribution in [1.82, 2.24) is 9.78 Å². The second-order valence-electron chi connectivity index (χ2n) is 6.28. The predicted octanol–water partition coefficient (Wildman–Crippen LogP) is 3.28. The number of hydrogen-bond donors (Lipinski definition) is 1. The number of rotatable bonds is 7. The normalized spacial score (nSPS) is 26.6. The Kier molecular flexibility index (Phi) is 5.22. The molecule has 1 saturated carbocycles. The highest BCUT2D eigenvalue weighted by atomic mass is 16.5. The van der Waals surface area contributed by atoms with Crippen molar-refractivity contribution in [1.29, 1.82) is 0 Å². The van der Waals surface area contributed by atoms with Gasteiger partial charge in [-0.15, -0.1) is 0 Å². The quantitative estimate of drug-likeness (QED) is 0.833. The molecular formula is C16H29N3O. The van der Waals surface area contributed by atoms with Crippen molar-refractivity contribution in [2.45, 2.75) is 71.1 Å². The van der Waals surface area contributed by atoms with Crippen LogP contribution >= 0.6 is 0 Å². The summed E-state index contributed by atoms with van der Waals surface area (Å²) in [5.74, 6) is 0.723. The van der Waals surface area contributed by atoms with Gasteiger partial charge in [-0.1, -0.05) is 20.8 Å². The molecular weight excluding hydrogens is 250 g/mol. The van der Waals surface area contributed by atoms with E-state index in [4.69, 9.17) is 10.5 Å². The summed E-state index contributed by atoms with van der Waals surface area (Å²) >= 11 is 0. The van der Waals surface area contributed by atoms with E-state index in [2.05, 4.69) is 42.8 Å². The van der Waals surface area contributed by atoms with Crippen LogP contribution in [0.5, 0.6) is 0 Å². The first-order valence-corrected chi connectivity index (χ1v) is 8.00. The SMILES string of the molecule is CCC(CC)n1ccc(COC2(CN)CCC(C)C2)n1. The van der Waals surface area contributed by atoms with E-state index in [1.807, 2.05) is 0 Å². The average Bonchev–Trinajstić information content (AvgIpc) is 3.06. The molecule has 4 heteroatoms. The van der Waals surface area contributed by atoms with Gasteiger partial charge in [-0.3, -0.25) is 4.68 Å². The zero-order valence-corrected chi connectivity index (χ0v) is 13.1. The van der Waals surface area contributed by atoms with Crippen LogP contribution in [0.2, 0.25) is 0 Å². The largest absolute Gasteiger partial charge is 0.367 e. The Morgan fingerprint density at radius 3 is 2.80 bits per heavy atom. The van der Waals surface area contributed by atoms with Gasteiger partial charge in [0.1, 0.15) is 0 Å². The van der Waals surface area contributed by atoms with Crippen molar-refractivity contribution in [3.8, 4) is 0 Å². The summed E-state index contributed by atoms with van der Waals surface area (Å²) in [7, 11) is 0. The fraction of sp³-hybridized carbons (Fsp3) is 0.812. The summed E-state index contributed by atoms with van der Waals surface area (Å²) in [5, 5.41) is 4.65. The molecule has 1 heterocycles. The summed E-state index contributed by atoms with van der Waals surface area (Å²) in [4.78, 5) is 0. The Labute approximate surface area is 122 Å². The van der Waals surface area contributed by atoms with Gasteiger partial charge in [-0.2, -0.15) is 5.10 Å². The molecule has 0 aromatic carbocycles. The standard InChI is InChI=1S/C16H29N3O/c1-4-15(5-2)19-9-7-14(18-19)11-20-16(12-17)8-6-13(3)10-16/h7,9,13,15H,4-6,8,10-12,17H2,1-3H3. The van der Waals surface area contributed by atoms with Crippen LogP contribution in [0.4, 0.5) is 0 Å². The first kappa shape index (κ1) is 15.5. The zero-order valence-electron chi connectivity index (χ0n) is 13.1. The van der Waals surface area contributed by atoms with Gasteiger partial charge in [0.2, 0.25) is 0 Å². The van der Waals surface area contributed by atoms with Crippen molar-refractivity contribution < 1.29 is 4.74 Å². The second-order valence-corrected chi connectivity index (χ2v) is 6.28. The van der Waals surface area contributed by atoms with Crippen LogP contribution < -0.4 is 5.73 Å². The van der Waals surface area contributed by atoms with E-state index in [0.717, 1.165) is 37.3 Å². The molecule has 4 nitrogen and oxygen atoms in total. The Morgan fingerprint density at radius 2 is 2.25 bits per heavy atom. The van der Waals surface area contributed by atoms with Gasteiger partial charge in [-0.25, -0.2) is 0 Å². The van der Waals surface area contributed by atoms with Crippen LogP contribution in [0.3, 0.4) is 0 Å². The highest BCUT2D eigenvalue weighted by Crippen LogP contribution is 2.37. The first-order valence-electron chi connectivity index (χ1n) is 8.00. The Hall–Kier alpha value is -0.870. The van der Waals surface area contributed by atoms with Crippen LogP contribution in [0, 0.1) is 5.92 Å². The van der Waals surface area contributed by atoms with Crippen LogP contribution in [0.15, 0.2) is 12.3 Å². The van der Waals surface area contributed by atoms with E-state index in [1.54, 1.807) is 0 Å². The minimum absolute atomic E-state index is 0.113. The molecule has 0 amide bonds. The predicted molar refractivity (Wildman–Crippen MR) is 81.4 cm³/mol. The maximum atomic E-state index is 6.16. The van der Waals surface area contributed by atoms with Crippen LogP contribution in [0.25, 0.3) is 0 Å². The van der Waals surface area contributed by atoms with Crippen LogP contribution in [-0.2, 0) is 11.3 Å². The number of aromatic nitrogens is 2. The molecule has 1 fully saturated rings. The topological polar surface area (TPSA) is 53.1 Å². The molecule has 0 bridgehead atoms. The Bertz CT molecular complexity index is 414. The maximum absolute atomic E-state index is 6.16. The third kappa shape index (κ3) is 3.41. The number of hydrogen-bond acceptors (Lipinski definition) is 3. The summed E-state index contributed by atoms with van der Waals surface area (Å²) in [5.41, 5.74) is 6.85. The van der Waals surface area contributed by atoms with E-state index in [9.17, 15) is 0 Å². The third-order valence-corrected chi connectivity index (χ3v) is 4.69. The second kappa shape index (κ2) is 6.72. The fourth-order valence-electron chi connectivity index (χ4n) is 3.27. The monoisotopic (exact) mass is 279 g/mol. The highest BCUT2D eigenvalue weighted by molar-refractivity contribution is 5.00. The lowest BCUT2D eigenvalue weighted by molar-refractivity contribution is -0.0486. The van der Waals surface area contributed by atoms with Gasteiger partial charge in [0, 0.05) is 12.7 Å². The molecule has 2 atom stereocenters. The van der Waals surface area contributed by atoms with E-state index in [0.29, 0.717) is 19.2 Å². The lowest BCUT2D eigenvalue weighted by Gasteiger charge is -2.27. The molecule has 2 unspecified atom stereocenters. The van der Waals surface area contributed by atoms with E-state index in [1.165, 1.54) is 6.42 Å². The maximum Gasteiger partial charge on any atom is 0.0914 e. The van der Waals surface area contributed by atoms with Gasteiger partial charge in [0.25, 0.3) is 0 Å². The van der Waals surface area contributed by atoms with Crippen molar-refractivity contribution >= 4 is 0 Å². The van der Waals surface area contributed by atoms with Gasteiger partial charge >= 0.3 is 0 Å². The van der Waals surface area contributed by atoms with Crippen molar-refractivity contribution in [3.05, 3.63) is 18.0 Å². The van der Waals surface area contributed by atoms with Crippen molar-refractivity contribution in [3.63, 3.8) is 0 Å².